The first-order valence-electron chi connectivity index (χ1n) is 5.94. The predicted molar refractivity (Wildman–Crippen MR) is 79.7 cm³/mol. The Kier molecular flexibility index (Phi) is 27.0. The molecule has 0 rings (SSSR count). The van der Waals surface area contributed by atoms with Crippen molar-refractivity contribution in [3.63, 3.8) is 0 Å². The third kappa shape index (κ3) is 8.03. The van der Waals surface area contributed by atoms with Gasteiger partial charge in [-0.05, 0) is 0 Å². The van der Waals surface area contributed by atoms with Gasteiger partial charge < -0.3 is 41.5 Å². The van der Waals surface area contributed by atoms with Gasteiger partial charge >= 0.3 is 93.3 Å². The van der Waals surface area contributed by atoms with Crippen LogP contribution in [-0.2, 0) is 0 Å². The van der Waals surface area contributed by atoms with E-state index in [1.165, 1.54) is 0 Å². The maximum absolute atomic E-state index is 4.00. The summed E-state index contributed by atoms with van der Waals surface area (Å²) in [6, 6.07) is 0. The number of hydrogen-bond donors (Lipinski definition) is 0. The van der Waals surface area contributed by atoms with Crippen molar-refractivity contribution >= 4 is 7.71 Å². The molecule has 0 radical (unpaired) electrons. The van der Waals surface area contributed by atoms with Gasteiger partial charge in [-0.3, -0.25) is 0 Å². The van der Waals surface area contributed by atoms with Gasteiger partial charge in [-0.2, -0.15) is 0 Å². The SMILES string of the molecule is [CH2-]CN(C[CH2-])[P+](C)(N(C[CH2-])C[CH2-])N(C[CH2-])C[CH2-].[U+2].[U+2].[U+2]. The van der Waals surface area contributed by atoms with E-state index in [0.29, 0.717) is 0 Å². The fourth-order valence-corrected chi connectivity index (χ4v) is 5.36. The maximum atomic E-state index is 4.00. The van der Waals surface area contributed by atoms with Gasteiger partial charge in [-0.25, -0.2) is 14.0 Å². The molecule has 0 amide bonds. The first kappa shape index (κ1) is 31.3. The van der Waals surface area contributed by atoms with Gasteiger partial charge in [0.05, 0.1) is 6.66 Å². The summed E-state index contributed by atoms with van der Waals surface area (Å²) in [5.41, 5.74) is 0. The van der Waals surface area contributed by atoms with Gasteiger partial charge in [-0.1, -0.05) is 39.3 Å². The molecule has 0 aromatic heterocycles. The molecule has 3 nitrogen and oxygen atoms in total. The van der Waals surface area contributed by atoms with Crippen LogP contribution in [0.1, 0.15) is 0 Å². The van der Waals surface area contributed by atoms with Gasteiger partial charge in [0.25, 0.3) is 0 Å². The van der Waals surface area contributed by atoms with E-state index in [4.69, 9.17) is 0 Å². The molecule has 0 aliphatic carbocycles. The molecule has 0 unspecified atom stereocenters. The maximum Gasteiger partial charge on any atom is 2.00 e. The minimum absolute atomic E-state index is 0. The van der Waals surface area contributed by atoms with Gasteiger partial charge in [0, 0.05) is 0 Å². The third-order valence-corrected chi connectivity index (χ3v) is 7.57. The van der Waals surface area contributed by atoms with Crippen molar-refractivity contribution in [3.8, 4) is 0 Å². The van der Waals surface area contributed by atoms with E-state index >= 15 is 0 Å². The van der Waals surface area contributed by atoms with E-state index in [-0.39, 0.29) is 93.3 Å². The van der Waals surface area contributed by atoms with E-state index in [9.17, 15) is 0 Å². The van der Waals surface area contributed by atoms with Crippen molar-refractivity contribution in [2.24, 2.45) is 0 Å². The van der Waals surface area contributed by atoms with Crippen molar-refractivity contribution in [2.75, 3.05) is 45.9 Å². The second kappa shape index (κ2) is 17.3. The Hall–Kier alpha value is 3.47. The second-order valence-electron chi connectivity index (χ2n) is 3.73. The molecule has 0 bridgehead atoms. The van der Waals surface area contributed by atoms with Crippen molar-refractivity contribution in [3.05, 3.63) is 41.5 Å². The van der Waals surface area contributed by atoms with Gasteiger partial charge in [0.15, 0.2) is 0 Å². The van der Waals surface area contributed by atoms with Crippen molar-refractivity contribution < 1.29 is 93.3 Å². The molecule has 0 atom stereocenters. The largest absolute Gasteiger partial charge is 2.00 e. The average Bonchev–Trinajstić information content (AvgIpc) is 2.33. The smallest absolute Gasteiger partial charge is 0.326 e. The van der Waals surface area contributed by atoms with Crippen LogP contribution in [0.25, 0.3) is 0 Å². The molecule has 0 aromatic rings. The van der Waals surface area contributed by atoms with Crippen LogP contribution in [-0.4, -0.2) is 59.9 Å². The minimum atomic E-state index is -1.67. The predicted octanol–water partition coefficient (Wildman–Crippen LogP) is 2.29. The molecular formula is C13H27N3PU3+. The topological polar surface area (TPSA) is 9.72 Å². The Morgan fingerprint density at radius 2 is 0.700 bits per heavy atom. The van der Waals surface area contributed by atoms with Crippen LogP contribution in [0.2, 0.25) is 0 Å². The van der Waals surface area contributed by atoms with E-state index in [1.54, 1.807) is 0 Å². The van der Waals surface area contributed by atoms with E-state index < -0.39 is 7.71 Å². The molecule has 0 spiro atoms. The summed E-state index contributed by atoms with van der Waals surface area (Å²) < 4.78 is 6.87. The van der Waals surface area contributed by atoms with Crippen molar-refractivity contribution in [1.29, 1.82) is 0 Å². The Bertz CT molecular complexity index is 168. The second-order valence-corrected chi connectivity index (χ2v) is 7.16. The first-order chi connectivity index (χ1) is 8.06. The normalized spacial score (nSPS) is 11.1. The van der Waals surface area contributed by atoms with Crippen LogP contribution in [0, 0.1) is 135 Å². The molecule has 0 heterocycles. The summed E-state index contributed by atoms with van der Waals surface area (Å²) in [6.45, 7) is 30.6. The zero-order valence-electron chi connectivity index (χ0n) is 12.8. The molecule has 0 aliphatic heterocycles. The zero-order chi connectivity index (χ0) is 13.5. The fourth-order valence-electron chi connectivity index (χ4n) is 2.01. The van der Waals surface area contributed by atoms with E-state index in [0.717, 1.165) is 39.3 Å². The van der Waals surface area contributed by atoms with Crippen LogP contribution in [0.4, 0.5) is 0 Å². The zero-order valence-corrected chi connectivity index (χ0v) is 26.2. The van der Waals surface area contributed by atoms with Gasteiger partial charge in [0.2, 0.25) is 7.71 Å². The Labute approximate surface area is 199 Å². The third-order valence-electron chi connectivity index (χ3n) is 3.16. The Balaban J connectivity index is -0.000000427. The van der Waals surface area contributed by atoms with Crippen LogP contribution in [0.5, 0.6) is 0 Å². The van der Waals surface area contributed by atoms with E-state index in [1.807, 2.05) is 0 Å². The molecule has 0 aromatic carbocycles. The average molecular weight is 970 g/mol. The Morgan fingerprint density at radius 1 is 0.550 bits per heavy atom. The molecule has 0 fully saturated rings. The molecule has 110 valence electrons. The summed E-state index contributed by atoms with van der Waals surface area (Å²) >= 11 is 0. The summed E-state index contributed by atoms with van der Waals surface area (Å²) in [7, 11) is -1.67. The first-order valence-corrected chi connectivity index (χ1v) is 8.04. The number of hydrogen-bond acceptors (Lipinski definition) is 3. The molecule has 0 saturated carbocycles. The molecule has 0 aliphatic rings. The van der Waals surface area contributed by atoms with Crippen molar-refractivity contribution in [2.45, 2.75) is 0 Å². The summed E-state index contributed by atoms with van der Waals surface area (Å²) in [5, 5.41) is 0. The Morgan fingerprint density at radius 3 is 0.800 bits per heavy atom. The summed E-state index contributed by atoms with van der Waals surface area (Å²) in [4.78, 5) is 0. The summed E-state index contributed by atoms with van der Waals surface area (Å²) in [6.07, 6.45) is 0. The monoisotopic (exact) mass is 970 g/mol. The van der Waals surface area contributed by atoms with Gasteiger partial charge in [-0.15, -0.1) is 0 Å². The molecule has 20 heavy (non-hydrogen) atoms. The fraction of sp³-hybridized carbons (Fsp3) is 0.538. The minimum Gasteiger partial charge on any atom is -0.326 e. The van der Waals surface area contributed by atoms with Crippen LogP contribution in [0.3, 0.4) is 0 Å². The molecule has 0 N–H and O–H groups in total. The van der Waals surface area contributed by atoms with Crippen LogP contribution in [0.15, 0.2) is 0 Å². The van der Waals surface area contributed by atoms with Crippen LogP contribution >= 0.6 is 7.71 Å². The summed E-state index contributed by atoms with van der Waals surface area (Å²) in [5.74, 6) is 0. The standard InChI is InChI=1S/C13H27N3P.3U/c1-8-14(9-2)17(7,15(10-3)11-4)16(12-5)13-6;;;/h1-6,8-13H2,7H3;;;/q-5;3*+2. The van der Waals surface area contributed by atoms with Crippen molar-refractivity contribution in [1.82, 2.24) is 14.0 Å². The van der Waals surface area contributed by atoms with Gasteiger partial charge in [0.1, 0.15) is 0 Å². The van der Waals surface area contributed by atoms with Crippen LogP contribution < -0.4 is 0 Å². The molecular weight excluding hydrogens is 943 g/mol. The number of nitrogens with zero attached hydrogens (tertiary/aromatic N) is 3. The number of rotatable bonds is 9. The quantitative estimate of drug-likeness (QED) is 0.260. The van der Waals surface area contributed by atoms with E-state index in [2.05, 4.69) is 62.2 Å². The molecule has 0 saturated heterocycles. The molecule has 7 heteroatoms.